The van der Waals surface area contributed by atoms with E-state index in [1.165, 1.54) is 5.46 Å². The Morgan fingerprint density at radius 2 is 1.80 bits per heavy atom. The van der Waals surface area contributed by atoms with Crippen molar-refractivity contribution in [2.45, 2.75) is 6.92 Å². The standard InChI is InChI=1S/C12H12BNO/c1-9-8-12(6-7-14-9)15-11-4-2-10(13)3-5-11/h2-8H,13H2,1H3. The molecule has 0 bridgehead atoms. The number of aromatic nitrogens is 1. The third-order valence-corrected chi connectivity index (χ3v) is 2.12. The van der Waals surface area contributed by atoms with Crippen molar-refractivity contribution < 1.29 is 4.74 Å². The summed E-state index contributed by atoms with van der Waals surface area (Å²) in [5.74, 6) is 1.68. The van der Waals surface area contributed by atoms with Crippen LogP contribution in [0.4, 0.5) is 0 Å². The number of ether oxygens (including phenoxy) is 1. The molecule has 0 aliphatic rings. The van der Waals surface area contributed by atoms with Crippen LogP contribution in [0.25, 0.3) is 0 Å². The van der Waals surface area contributed by atoms with Crippen molar-refractivity contribution in [1.82, 2.24) is 4.98 Å². The van der Waals surface area contributed by atoms with Gasteiger partial charge in [0.05, 0.1) is 0 Å². The normalized spacial score (nSPS) is 9.93. The van der Waals surface area contributed by atoms with Crippen LogP contribution in [0.3, 0.4) is 0 Å². The van der Waals surface area contributed by atoms with E-state index in [0.717, 1.165) is 17.2 Å². The molecular formula is C12H12BNO. The highest BCUT2D eigenvalue weighted by atomic mass is 16.5. The largest absolute Gasteiger partial charge is 0.457 e. The zero-order chi connectivity index (χ0) is 10.7. The Bertz CT molecular complexity index is 453. The Morgan fingerprint density at radius 1 is 1.07 bits per heavy atom. The van der Waals surface area contributed by atoms with Gasteiger partial charge in [-0.05, 0) is 25.1 Å². The van der Waals surface area contributed by atoms with Crippen LogP contribution < -0.4 is 10.2 Å². The van der Waals surface area contributed by atoms with Crippen LogP contribution >= 0.6 is 0 Å². The third kappa shape index (κ3) is 2.59. The fourth-order valence-electron chi connectivity index (χ4n) is 1.33. The van der Waals surface area contributed by atoms with Gasteiger partial charge in [-0.2, -0.15) is 0 Å². The number of hydrogen-bond acceptors (Lipinski definition) is 2. The van der Waals surface area contributed by atoms with Crippen LogP contribution in [0, 0.1) is 6.92 Å². The van der Waals surface area contributed by atoms with Crippen molar-refractivity contribution in [3.63, 3.8) is 0 Å². The van der Waals surface area contributed by atoms with E-state index in [-0.39, 0.29) is 0 Å². The second kappa shape index (κ2) is 4.17. The predicted molar refractivity (Wildman–Crippen MR) is 63.7 cm³/mol. The summed E-state index contributed by atoms with van der Waals surface area (Å²) < 4.78 is 5.67. The van der Waals surface area contributed by atoms with E-state index in [9.17, 15) is 0 Å². The van der Waals surface area contributed by atoms with Crippen molar-refractivity contribution in [1.29, 1.82) is 0 Å². The van der Waals surface area contributed by atoms with E-state index in [2.05, 4.69) is 12.8 Å². The zero-order valence-electron chi connectivity index (χ0n) is 8.90. The lowest BCUT2D eigenvalue weighted by atomic mass is 9.97. The average molecular weight is 197 g/mol. The second-order valence-corrected chi connectivity index (χ2v) is 3.55. The van der Waals surface area contributed by atoms with Gasteiger partial charge >= 0.3 is 0 Å². The van der Waals surface area contributed by atoms with Gasteiger partial charge < -0.3 is 4.74 Å². The minimum Gasteiger partial charge on any atom is -0.457 e. The average Bonchev–Trinajstić information content (AvgIpc) is 2.22. The monoisotopic (exact) mass is 197 g/mol. The van der Waals surface area contributed by atoms with E-state index in [4.69, 9.17) is 4.74 Å². The molecule has 0 amide bonds. The Morgan fingerprint density at radius 3 is 2.47 bits per heavy atom. The molecular weight excluding hydrogens is 185 g/mol. The summed E-state index contributed by atoms with van der Waals surface area (Å²) in [6.07, 6.45) is 1.75. The highest BCUT2D eigenvalue weighted by Crippen LogP contribution is 2.19. The first kappa shape index (κ1) is 9.78. The molecule has 0 aliphatic heterocycles. The van der Waals surface area contributed by atoms with Gasteiger partial charge in [0.1, 0.15) is 19.3 Å². The maximum Gasteiger partial charge on any atom is 0.139 e. The SMILES string of the molecule is Bc1ccc(Oc2ccnc(C)c2)cc1. The lowest BCUT2D eigenvalue weighted by Gasteiger charge is -2.05. The van der Waals surface area contributed by atoms with E-state index in [1.54, 1.807) is 6.20 Å². The highest BCUT2D eigenvalue weighted by Gasteiger charge is 1.96. The first-order valence-corrected chi connectivity index (χ1v) is 4.91. The number of nitrogens with zero attached hydrogens (tertiary/aromatic N) is 1. The van der Waals surface area contributed by atoms with Crippen molar-refractivity contribution in [3.8, 4) is 11.5 Å². The summed E-state index contributed by atoms with van der Waals surface area (Å²) in [6.45, 7) is 1.95. The van der Waals surface area contributed by atoms with Crippen molar-refractivity contribution in [2.75, 3.05) is 0 Å². The molecule has 0 unspecified atom stereocenters. The zero-order valence-corrected chi connectivity index (χ0v) is 8.90. The third-order valence-electron chi connectivity index (χ3n) is 2.12. The van der Waals surface area contributed by atoms with Crippen LogP contribution in [0.5, 0.6) is 11.5 Å². The van der Waals surface area contributed by atoms with Crippen molar-refractivity contribution in [2.24, 2.45) is 0 Å². The van der Waals surface area contributed by atoms with Gasteiger partial charge in [-0.25, -0.2) is 0 Å². The Hall–Kier alpha value is -1.77. The topological polar surface area (TPSA) is 22.1 Å². The highest BCUT2D eigenvalue weighted by molar-refractivity contribution is 6.32. The molecule has 74 valence electrons. The molecule has 15 heavy (non-hydrogen) atoms. The quantitative estimate of drug-likeness (QED) is 0.679. The number of benzene rings is 1. The Balaban J connectivity index is 2.18. The van der Waals surface area contributed by atoms with Gasteiger partial charge in [0.15, 0.2) is 0 Å². The maximum absolute atomic E-state index is 5.67. The van der Waals surface area contributed by atoms with E-state index >= 15 is 0 Å². The molecule has 1 aromatic carbocycles. The first-order chi connectivity index (χ1) is 7.24. The van der Waals surface area contributed by atoms with Crippen LogP contribution in [0.15, 0.2) is 42.6 Å². The van der Waals surface area contributed by atoms with Crippen LogP contribution in [0.2, 0.25) is 0 Å². The summed E-state index contributed by atoms with van der Waals surface area (Å²) in [7, 11) is 2.06. The minimum atomic E-state index is 0.825. The summed E-state index contributed by atoms with van der Waals surface area (Å²) in [6, 6.07) is 11.8. The maximum atomic E-state index is 5.67. The predicted octanol–water partition coefficient (Wildman–Crippen LogP) is 1.44. The van der Waals surface area contributed by atoms with Gasteiger partial charge in [0.2, 0.25) is 0 Å². The van der Waals surface area contributed by atoms with E-state index in [0.29, 0.717) is 0 Å². The molecule has 0 aliphatic carbocycles. The molecule has 0 fully saturated rings. The molecule has 0 N–H and O–H groups in total. The molecule has 3 heteroatoms. The number of rotatable bonds is 2. The van der Waals surface area contributed by atoms with Gasteiger partial charge in [-0.3, -0.25) is 4.98 Å². The Kier molecular flexibility index (Phi) is 2.72. The summed E-state index contributed by atoms with van der Waals surface area (Å²) in [5, 5.41) is 0. The Labute approximate surface area is 90.3 Å². The van der Waals surface area contributed by atoms with Gasteiger partial charge in [-0.1, -0.05) is 17.6 Å². The van der Waals surface area contributed by atoms with E-state index < -0.39 is 0 Å². The minimum absolute atomic E-state index is 0.825. The fourth-order valence-corrected chi connectivity index (χ4v) is 1.33. The van der Waals surface area contributed by atoms with Crippen molar-refractivity contribution >= 4 is 13.3 Å². The van der Waals surface area contributed by atoms with Crippen LogP contribution in [-0.2, 0) is 0 Å². The summed E-state index contributed by atoms with van der Waals surface area (Å²) >= 11 is 0. The smallest absolute Gasteiger partial charge is 0.139 e. The molecule has 0 saturated carbocycles. The van der Waals surface area contributed by atoms with Gasteiger partial charge in [0.25, 0.3) is 0 Å². The second-order valence-electron chi connectivity index (χ2n) is 3.55. The molecule has 0 atom stereocenters. The lowest BCUT2D eigenvalue weighted by molar-refractivity contribution is 0.481. The number of pyridine rings is 1. The molecule has 1 aromatic heterocycles. The molecule has 0 spiro atoms. The first-order valence-electron chi connectivity index (χ1n) is 4.91. The van der Waals surface area contributed by atoms with Crippen LogP contribution in [0.1, 0.15) is 5.69 Å². The van der Waals surface area contributed by atoms with Gasteiger partial charge in [-0.15, -0.1) is 0 Å². The lowest BCUT2D eigenvalue weighted by Crippen LogP contribution is -1.99. The summed E-state index contributed by atoms with van der Waals surface area (Å²) in [5.41, 5.74) is 2.19. The van der Waals surface area contributed by atoms with Crippen molar-refractivity contribution in [3.05, 3.63) is 48.3 Å². The number of hydrogen-bond donors (Lipinski definition) is 0. The summed E-state index contributed by atoms with van der Waals surface area (Å²) in [4.78, 5) is 4.12. The molecule has 0 radical (unpaired) electrons. The molecule has 0 saturated heterocycles. The van der Waals surface area contributed by atoms with E-state index in [1.807, 2.05) is 43.3 Å². The molecule has 2 nitrogen and oxygen atoms in total. The molecule has 2 rings (SSSR count). The molecule has 2 aromatic rings. The fraction of sp³-hybridized carbons (Fsp3) is 0.0833. The molecule has 1 heterocycles. The van der Waals surface area contributed by atoms with Gasteiger partial charge in [0, 0.05) is 18.0 Å². The van der Waals surface area contributed by atoms with Crippen LogP contribution in [-0.4, -0.2) is 12.8 Å². The number of aryl methyl sites for hydroxylation is 1.